The molecule has 0 amide bonds. The first kappa shape index (κ1) is 14.7. The number of allylic oxidation sites excluding steroid dienone is 1. The summed E-state index contributed by atoms with van der Waals surface area (Å²) in [5.41, 5.74) is 3.67. The normalized spacial score (nSPS) is 16.8. The summed E-state index contributed by atoms with van der Waals surface area (Å²) >= 11 is 3.72. The Balaban J connectivity index is 2.05. The van der Waals surface area contributed by atoms with Crippen LogP contribution in [0.2, 0.25) is 0 Å². The maximum Gasteiger partial charge on any atom is 0.0764 e. The molecule has 110 valence electrons. The van der Waals surface area contributed by atoms with Gasteiger partial charge < -0.3 is 5.32 Å². The Labute approximate surface area is 134 Å². The van der Waals surface area contributed by atoms with Gasteiger partial charge in [-0.25, -0.2) is 4.98 Å². The molecule has 2 nitrogen and oxygen atoms in total. The Hall–Kier alpha value is -1.19. The summed E-state index contributed by atoms with van der Waals surface area (Å²) in [6, 6.07) is 10.7. The van der Waals surface area contributed by atoms with E-state index in [1.807, 2.05) is 0 Å². The van der Waals surface area contributed by atoms with Crippen molar-refractivity contribution in [3.63, 3.8) is 0 Å². The molecule has 3 heteroatoms. The van der Waals surface area contributed by atoms with Gasteiger partial charge in [0, 0.05) is 9.86 Å². The van der Waals surface area contributed by atoms with Crippen molar-refractivity contribution in [3.05, 3.63) is 52.1 Å². The molecule has 1 N–H and O–H groups in total. The largest absolute Gasteiger partial charge is 0.305 e. The molecule has 1 aromatic heterocycles. The topological polar surface area (TPSA) is 24.9 Å². The smallest absolute Gasteiger partial charge is 0.0764 e. The van der Waals surface area contributed by atoms with E-state index in [4.69, 9.17) is 4.98 Å². The number of nitrogens with one attached hydrogen (secondary N) is 1. The third kappa shape index (κ3) is 3.19. The molecule has 0 saturated carbocycles. The summed E-state index contributed by atoms with van der Waals surface area (Å²) in [7, 11) is 0. The quantitative estimate of drug-likeness (QED) is 0.776. The average molecular weight is 345 g/mol. The van der Waals surface area contributed by atoms with Gasteiger partial charge in [0.25, 0.3) is 0 Å². The van der Waals surface area contributed by atoms with E-state index in [2.05, 4.69) is 64.6 Å². The summed E-state index contributed by atoms with van der Waals surface area (Å²) in [6.45, 7) is 3.11. The SMILES string of the molecule is CCNC(C1=CCCCC1)c1nc2ccccc2cc1Br. The monoisotopic (exact) mass is 344 g/mol. The van der Waals surface area contributed by atoms with E-state index in [1.165, 1.54) is 36.6 Å². The highest BCUT2D eigenvalue weighted by Gasteiger charge is 2.21. The molecule has 0 saturated heterocycles. The van der Waals surface area contributed by atoms with Crippen molar-refractivity contribution in [2.45, 2.75) is 38.6 Å². The van der Waals surface area contributed by atoms with Crippen LogP contribution in [-0.2, 0) is 0 Å². The zero-order valence-electron chi connectivity index (χ0n) is 12.4. The number of halogens is 1. The molecule has 0 radical (unpaired) electrons. The van der Waals surface area contributed by atoms with Gasteiger partial charge in [-0.1, -0.05) is 36.8 Å². The summed E-state index contributed by atoms with van der Waals surface area (Å²) in [5, 5.41) is 4.79. The van der Waals surface area contributed by atoms with Gasteiger partial charge in [-0.3, -0.25) is 0 Å². The molecule has 1 heterocycles. The van der Waals surface area contributed by atoms with Crippen molar-refractivity contribution >= 4 is 26.8 Å². The van der Waals surface area contributed by atoms with E-state index in [0.717, 1.165) is 22.2 Å². The molecule has 1 aliphatic rings. The second-order valence-corrected chi connectivity index (χ2v) is 6.42. The predicted octanol–water partition coefficient (Wildman–Crippen LogP) is 5.15. The van der Waals surface area contributed by atoms with Crippen molar-refractivity contribution in [2.75, 3.05) is 6.54 Å². The Morgan fingerprint density at radius 3 is 2.90 bits per heavy atom. The third-order valence-electron chi connectivity index (χ3n) is 4.08. The van der Waals surface area contributed by atoms with Crippen LogP contribution in [-0.4, -0.2) is 11.5 Å². The molecule has 3 rings (SSSR count). The molecular formula is C18H21BrN2. The number of para-hydroxylation sites is 1. The number of hydrogen-bond acceptors (Lipinski definition) is 2. The Bertz CT molecular complexity index is 663. The van der Waals surface area contributed by atoms with Crippen LogP contribution in [0.5, 0.6) is 0 Å². The number of pyridine rings is 1. The van der Waals surface area contributed by atoms with Crippen LogP contribution in [0.15, 0.2) is 46.5 Å². The van der Waals surface area contributed by atoms with Gasteiger partial charge in [0.1, 0.15) is 0 Å². The lowest BCUT2D eigenvalue weighted by Gasteiger charge is -2.25. The Kier molecular flexibility index (Phi) is 4.71. The molecule has 1 aromatic carbocycles. The first-order valence-corrected chi connectivity index (χ1v) is 8.56. The summed E-state index contributed by atoms with van der Waals surface area (Å²) in [4.78, 5) is 4.92. The Morgan fingerprint density at radius 1 is 1.29 bits per heavy atom. The van der Waals surface area contributed by atoms with Crippen LogP contribution in [0.4, 0.5) is 0 Å². The van der Waals surface area contributed by atoms with Gasteiger partial charge in [-0.05, 0) is 60.3 Å². The number of hydrogen-bond donors (Lipinski definition) is 1. The number of aromatic nitrogens is 1. The van der Waals surface area contributed by atoms with Crippen LogP contribution in [0.25, 0.3) is 10.9 Å². The average Bonchev–Trinajstić information content (AvgIpc) is 2.53. The van der Waals surface area contributed by atoms with Crippen LogP contribution in [0, 0.1) is 0 Å². The van der Waals surface area contributed by atoms with E-state index in [9.17, 15) is 0 Å². The third-order valence-corrected chi connectivity index (χ3v) is 4.72. The zero-order valence-corrected chi connectivity index (χ0v) is 14.0. The lowest BCUT2D eigenvalue weighted by Crippen LogP contribution is -2.25. The molecule has 0 spiro atoms. The second-order valence-electron chi connectivity index (χ2n) is 5.56. The van der Waals surface area contributed by atoms with E-state index in [1.54, 1.807) is 0 Å². The highest BCUT2D eigenvalue weighted by Crippen LogP contribution is 2.34. The fourth-order valence-electron chi connectivity index (χ4n) is 3.04. The standard InChI is InChI=1S/C18H21BrN2/c1-2-20-17(13-8-4-3-5-9-13)18-15(19)12-14-10-6-7-11-16(14)21-18/h6-8,10-12,17,20H,2-5,9H2,1H3. The highest BCUT2D eigenvalue weighted by atomic mass is 79.9. The number of benzene rings is 1. The van der Waals surface area contributed by atoms with E-state index >= 15 is 0 Å². The molecule has 1 unspecified atom stereocenters. The molecule has 1 aliphatic carbocycles. The molecule has 21 heavy (non-hydrogen) atoms. The number of rotatable bonds is 4. The van der Waals surface area contributed by atoms with Gasteiger partial charge in [-0.15, -0.1) is 0 Å². The molecule has 0 fully saturated rings. The minimum atomic E-state index is 0.231. The first-order chi connectivity index (χ1) is 10.3. The van der Waals surface area contributed by atoms with Crippen molar-refractivity contribution in [1.82, 2.24) is 10.3 Å². The summed E-state index contributed by atoms with van der Waals surface area (Å²) < 4.78 is 1.10. The minimum Gasteiger partial charge on any atom is -0.305 e. The van der Waals surface area contributed by atoms with Crippen LogP contribution in [0.1, 0.15) is 44.3 Å². The fraction of sp³-hybridized carbons (Fsp3) is 0.389. The van der Waals surface area contributed by atoms with Crippen molar-refractivity contribution < 1.29 is 0 Å². The van der Waals surface area contributed by atoms with Gasteiger partial charge >= 0.3 is 0 Å². The lowest BCUT2D eigenvalue weighted by molar-refractivity contribution is 0.553. The van der Waals surface area contributed by atoms with Crippen LogP contribution >= 0.6 is 15.9 Å². The van der Waals surface area contributed by atoms with E-state index in [-0.39, 0.29) is 6.04 Å². The molecular weight excluding hydrogens is 324 g/mol. The maximum absolute atomic E-state index is 4.92. The molecule has 0 bridgehead atoms. The second kappa shape index (κ2) is 6.71. The van der Waals surface area contributed by atoms with Crippen molar-refractivity contribution in [2.24, 2.45) is 0 Å². The maximum atomic E-state index is 4.92. The van der Waals surface area contributed by atoms with Crippen LogP contribution < -0.4 is 5.32 Å². The van der Waals surface area contributed by atoms with E-state index in [0.29, 0.717) is 0 Å². The van der Waals surface area contributed by atoms with Crippen molar-refractivity contribution in [3.8, 4) is 0 Å². The van der Waals surface area contributed by atoms with Crippen LogP contribution in [0.3, 0.4) is 0 Å². The lowest BCUT2D eigenvalue weighted by atomic mass is 9.91. The summed E-state index contributed by atoms with van der Waals surface area (Å²) in [5.74, 6) is 0. The minimum absolute atomic E-state index is 0.231. The van der Waals surface area contributed by atoms with Gasteiger partial charge in [0.2, 0.25) is 0 Å². The summed E-state index contributed by atoms with van der Waals surface area (Å²) in [6.07, 6.45) is 7.38. The van der Waals surface area contributed by atoms with Crippen molar-refractivity contribution in [1.29, 1.82) is 0 Å². The zero-order chi connectivity index (χ0) is 14.7. The first-order valence-electron chi connectivity index (χ1n) is 7.77. The fourth-order valence-corrected chi connectivity index (χ4v) is 3.60. The number of fused-ring (bicyclic) bond motifs is 1. The van der Waals surface area contributed by atoms with Gasteiger partial charge in [-0.2, -0.15) is 0 Å². The number of likely N-dealkylation sites (N-methyl/N-ethyl adjacent to an activating group) is 1. The Morgan fingerprint density at radius 2 is 2.14 bits per heavy atom. The van der Waals surface area contributed by atoms with E-state index < -0.39 is 0 Å². The predicted molar refractivity (Wildman–Crippen MR) is 92.4 cm³/mol. The molecule has 1 atom stereocenters. The van der Waals surface area contributed by atoms with Gasteiger partial charge in [0.15, 0.2) is 0 Å². The van der Waals surface area contributed by atoms with Gasteiger partial charge in [0.05, 0.1) is 17.3 Å². The highest BCUT2D eigenvalue weighted by molar-refractivity contribution is 9.10. The molecule has 2 aromatic rings. The molecule has 0 aliphatic heterocycles. The number of nitrogens with zero attached hydrogens (tertiary/aromatic N) is 1.